The molecule has 1 radical (unpaired) electrons. The van der Waals surface area contributed by atoms with Gasteiger partial charge in [0, 0.05) is 5.56 Å². The Kier molecular flexibility index (Phi) is 2.59. The number of primary sulfonamides is 1. The van der Waals surface area contributed by atoms with E-state index in [1.54, 1.807) is 6.92 Å². The van der Waals surface area contributed by atoms with E-state index in [0.29, 0.717) is 5.56 Å². The first-order valence-corrected chi connectivity index (χ1v) is 5.26. The smallest absolute Gasteiger partial charge is 0.267 e. The number of sulfonamides is 1. The molecule has 1 aromatic carbocycles. The molecular formula is C8H9N2O3S. The van der Waals surface area contributed by atoms with Gasteiger partial charge < -0.3 is 0 Å². The van der Waals surface area contributed by atoms with Gasteiger partial charge in [-0.15, -0.1) is 0 Å². The molecule has 3 N–H and O–H groups in total. The van der Waals surface area contributed by atoms with Crippen LogP contribution in [0.25, 0.3) is 0 Å². The lowest BCUT2D eigenvalue weighted by atomic mass is 10.1. The molecule has 0 spiro atoms. The fourth-order valence-corrected chi connectivity index (χ4v) is 1.56. The second kappa shape index (κ2) is 3.39. The van der Waals surface area contributed by atoms with Crippen LogP contribution in [0, 0.1) is 6.92 Å². The van der Waals surface area contributed by atoms with Crippen molar-refractivity contribution in [2.75, 3.05) is 0 Å². The van der Waals surface area contributed by atoms with Gasteiger partial charge in [-0.25, -0.2) is 13.6 Å². The Hall–Kier alpha value is -1.40. The summed E-state index contributed by atoms with van der Waals surface area (Å²) in [6.45, 7) is 1.62. The maximum Gasteiger partial charge on any atom is 0.270 e. The lowest BCUT2D eigenvalue weighted by Crippen LogP contribution is -2.13. The number of amides is 1. The van der Waals surface area contributed by atoms with Crippen molar-refractivity contribution < 1.29 is 13.2 Å². The summed E-state index contributed by atoms with van der Waals surface area (Å²) >= 11 is 0. The van der Waals surface area contributed by atoms with Crippen molar-refractivity contribution >= 4 is 15.9 Å². The Labute approximate surface area is 81.8 Å². The van der Waals surface area contributed by atoms with Crippen molar-refractivity contribution in [3.8, 4) is 0 Å². The first-order chi connectivity index (χ1) is 6.32. The Bertz CT molecular complexity index is 479. The zero-order valence-electron chi connectivity index (χ0n) is 7.44. The molecule has 0 unspecified atom stereocenters. The highest BCUT2D eigenvalue weighted by atomic mass is 32.2. The standard InChI is InChI=1S/C8H9N2O3S/c1-5-2-3-6(14(10,12)13)4-7(5)8(9)11/h2-4,9H,1H3,(H2,10,12,13). The fraction of sp³-hybridized carbons (Fsp3) is 0.125. The number of carbonyl (C=O) groups is 1. The highest BCUT2D eigenvalue weighted by molar-refractivity contribution is 7.89. The molecule has 0 atom stereocenters. The van der Waals surface area contributed by atoms with Crippen molar-refractivity contribution in [1.82, 2.24) is 5.73 Å². The van der Waals surface area contributed by atoms with Crippen LogP contribution in [0.5, 0.6) is 0 Å². The topological polar surface area (TPSA) is 101 Å². The van der Waals surface area contributed by atoms with Gasteiger partial charge in [0.05, 0.1) is 4.90 Å². The molecule has 75 valence electrons. The van der Waals surface area contributed by atoms with Crippen LogP contribution in [0.15, 0.2) is 23.1 Å². The van der Waals surface area contributed by atoms with E-state index in [-0.39, 0.29) is 10.5 Å². The van der Waals surface area contributed by atoms with E-state index in [0.717, 1.165) is 6.07 Å². The van der Waals surface area contributed by atoms with Crippen molar-refractivity contribution in [3.63, 3.8) is 0 Å². The molecule has 0 heterocycles. The number of hydrogen-bond donors (Lipinski definition) is 1. The molecule has 0 aliphatic heterocycles. The molecule has 1 rings (SSSR count). The number of benzene rings is 1. The monoisotopic (exact) mass is 213 g/mol. The highest BCUT2D eigenvalue weighted by Gasteiger charge is 2.12. The van der Waals surface area contributed by atoms with Gasteiger partial charge in [-0.2, -0.15) is 0 Å². The van der Waals surface area contributed by atoms with Crippen molar-refractivity contribution in [2.45, 2.75) is 11.8 Å². The van der Waals surface area contributed by atoms with E-state index in [2.05, 4.69) is 0 Å². The average Bonchev–Trinajstić information content (AvgIpc) is 2.02. The zero-order chi connectivity index (χ0) is 10.9. The third-order valence-corrected chi connectivity index (χ3v) is 2.69. The van der Waals surface area contributed by atoms with E-state index in [1.165, 1.54) is 12.1 Å². The summed E-state index contributed by atoms with van der Waals surface area (Å²) in [7, 11) is -3.81. The Morgan fingerprint density at radius 2 is 2.00 bits per heavy atom. The van der Waals surface area contributed by atoms with Gasteiger partial charge in [0.25, 0.3) is 5.91 Å². The summed E-state index contributed by atoms with van der Waals surface area (Å²) in [4.78, 5) is 10.6. The molecule has 1 aromatic rings. The molecule has 6 heteroatoms. The minimum absolute atomic E-state index is 0.0523. The van der Waals surface area contributed by atoms with Crippen LogP contribution in [-0.2, 0) is 10.0 Å². The first-order valence-electron chi connectivity index (χ1n) is 3.72. The molecular weight excluding hydrogens is 204 g/mol. The summed E-state index contributed by atoms with van der Waals surface area (Å²) in [5.74, 6) is -0.923. The maximum absolute atomic E-state index is 10.9. The third kappa shape index (κ3) is 2.09. The Morgan fingerprint density at radius 3 is 2.43 bits per heavy atom. The summed E-state index contributed by atoms with van der Waals surface area (Å²) < 4.78 is 21.8. The van der Waals surface area contributed by atoms with E-state index < -0.39 is 15.9 Å². The van der Waals surface area contributed by atoms with Gasteiger partial charge in [0.2, 0.25) is 10.0 Å². The van der Waals surface area contributed by atoms with Crippen LogP contribution in [0.4, 0.5) is 0 Å². The second-order valence-electron chi connectivity index (χ2n) is 2.85. The van der Waals surface area contributed by atoms with E-state index >= 15 is 0 Å². The molecule has 0 aromatic heterocycles. The molecule has 0 saturated carbocycles. The Balaban J connectivity index is 3.42. The number of nitrogens with one attached hydrogen (secondary N) is 1. The number of hydrogen-bond acceptors (Lipinski definition) is 3. The van der Waals surface area contributed by atoms with Gasteiger partial charge in [0.15, 0.2) is 0 Å². The van der Waals surface area contributed by atoms with Crippen LogP contribution in [0.2, 0.25) is 0 Å². The van der Waals surface area contributed by atoms with Gasteiger partial charge in [0.1, 0.15) is 0 Å². The molecule has 0 bridgehead atoms. The molecule has 0 fully saturated rings. The molecule has 0 aliphatic rings. The number of carbonyl (C=O) groups excluding carboxylic acids is 1. The minimum Gasteiger partial charge on any atom is -0.267 e. The summed E-state index contributed by atoms with van der Waals surface area (Å²) in [5.41, 5.74) is 7.49. The summed E-state index contributed by atoms with van der Waals surface area (Å²) in [6, 6.07) is 3.86. The predicted octanol–water partition coefficient (Wildman–Crippen LogP) is 0.0655. The van der Waals surface area contributed by atoms with Gasteiger partial charge in [-0.3, -0.25) is 10.5 Å². The van der Waals surface area contributed by atoms with Crippen LogP contribution < -0.4 is 10.9 Å². The van der Waals surface area contributed by atoms with Crippen LogP contribution >= 0.6 is 0 Å². The molecule has 0 aliphatic carbocycles. The van der Waals surface area contributed by atoms with E-state index in [4.69, 9.17) is 10.9 Å². The van der Waals surface area contributed by atoms with E-state index in [1.807, 2.05) is 0 Å². The van der Waals surface area contributed by atoms with Gasteiger partial charge in [-0.1, -0.05) is 6.07 Å². The predicted molar refractivity (Wildman–Crippen MR) is 50.0 cm³/mol. The van der Waals surface area contributed by atoms with Crippen molar-refractivity contribution in [1.29, 1.82) is 0 Å². The summed E-state index contributed by atoms with van der Waals surface area (Å²) in [5, 5.41) is 4.88. The number of rotatable bonds is 2. The maximum atomic E-state index is 10.9. The SMILES string of the molecule is Cc1ccc(S(N)(=O)=O)cc1C([NH])=O. The minimum atomic E-state index is -3.81. The Morgan fingerprint density at radius 1 is 1.43 bits per heavy atom. The quantitative estimate of drug-likeness (QED) is 0.751. The largest absolute Gasteiger partial charge is 0.270 e. The average molecular weight is 213 g/mol. The van der Waals surface area contributed by atoms with Crippen LogP contribution in [-0.4, -0.2) is 14.3 Å². The molecule has 14 heavy (non-hydrogen) atoms. The van der Waals surface area contributed by atoms with Crippen molar-refractivity contribution in [3.05, 3.63) is 29.3 Å². The normalized spacial score (nSPS) is 11.3. The fourth-order valence-electron chi connectivity index (χ4n) is 1.02. The van der Waals surface area contributed by atoms with Crippen LogP contribution in [0.1, 0.15) is 15.9 Å². The van der Waals surface area contributed by atoms with E-state index in [9.17, 15) is 13.2 Å². The van der Waals surface area contributed by atoms with Crippen molar-refractivity contribution in [2.24, 2.45) is 5.14 Å². The van der Waals surface area contributed by atoms with Crippen LogP contribution in [0.3, 0.4) is 0 Å². The number of aryl methyl sites for hydroxylation is 1. The first kappa shape index (κ1) is 10.7. The van der Waals surface area contributed by atoms with Gasteiger partial charge in [-0.05, 0) is 24.6 Å². The molecule has 5 nitrogen and oxygen atoms in total. The zero-order valence-corrected chi connectivity index (χ0v) is 8.26. The van der Waals surface area contributed by atoms with Gasteiger partial charge >= 0.3 is 0 Å². The second-order valence-corrected chi connectivity index (χ2v) is 4.41. The molecule has 1 amide bonds. The number of nitrogens with two attached hydrogens (primary N) is 1. The third-order valence-electron chi connectivity index (χ3n) is 1.78. The molecule has 0 saturated heterocycles. The lowest BCUT2D eigenvalue weighted by Gasteiger charge is -2.03. The summed E-state index contributed by atoms with van der Waals surface area (Å²) in [6.07, 6.45) is 0. The lowest BCUT2D eigenvalue weighted by molar-refractivity contribution is 0.0991. The highest BCUT2D eigenvalue weighted by Crippen LogP contribution is 2.13.